The van der Waals surface area contributed by atoms with E-state index in [1.54, 1.807) is 0 Å². The molecule has 0 spiro atoms. The van der Waals surface area contributed by atoms with E-state index in [9.17, 15) is 13.2 Å². The molecule has 2 atom stereocenters. The van der Waals surface area contributed by atoms with Gasteiger partial charge in [-0.2, -0.15) is 0 Å². The van der Waals surface area contributed by atoms with Crippen LogP contribution >= 0.6 is 0 Å². The minimum absolute atomic E-state index is 0.0701. The summed E-state index contributed by atoms with van der Waals surface area (Å²) in [4.78, 5) is 12.7. The molecule has 0 saturated heterocycles. The summed E-state index contributed by atoms with van der Waals surface area (Å²) in [5.74, 6) is 0.0824. The molecule has 0 aliphatic rings. The van der Waals surface area contributed by atoms with Gasteiger partial charge in [0.25, 0.3) is 5.91 Å². The van der Waals surface area contributed by atoms with Gasteiger partial charge in [0.2, 0.25) is 10.0 Å². The second-order valence-electron chi connectivity index (χ2n) is 7.53. The first kappa shape index (κ1) is 22.9. The Morgan fingerprint density at radius 1 is 0.966 bits per heavy atom. The minimum atomic E-state index is -3.58. The Balaban J connectivity index is 1.99. The van der Waals surface area contributed by atoms with Gasteiger partial charge in [-0.1, -0.05) is 39.0 Å². The lowest BCUT2D eigenvalue weighted by molar-refractivity contribution is 0.0950. The molecule has 0 fully saturated rings. The molecule has 1 amide bonds. The van der Waals surface area contributed by atoms with E-state index in [0.29, 0.717) is 24.4 Å². The van der Waals surface area contributed by atoms with Gasteiger partial charge in [-0.25, -0.2) is 13.1 Å². The number of para-hydroxylation sites is 1. The molecule has 3 N–H and O–H groups in total. The van der Waals surface area contributed by atoms with Crippen LogP contribution in [-0.2, 0) is 10.0 Å². The fourth-order valence-corrected chi connectivity index (χ4v) is 4.04. The Labute approximate surface area is 174 Å². The molecule has 0 aliphatic heterocycles. The molecule has 158 valence electrons. The van der Waals surface area contributed by atoms with Gasteiger partial charge in [0.1, 0.15) is 0 Å². The van der Waals surface area contributed by atoms with Gasteiger partial charge in [-0.3, -0.25) is 4.79 Å². The van der Waals surface area contributed by atoms with Gasteiger partial charge in [-0.05, 0) is 55.7 Å². The Morgan fingerprint density at radius 3 is 2.14 bits per heavy atom. The quantitative estimate of drug-likeness (QED) is 0.551. The Bertz CT molecular complexity index is 881. The number of hydrogen-bond donors (Lipinski definition) is 3. The van der Waals surface area contributed by atoms with Crippen molar-refractivity contribution in [3.63, 3.8) is 0 Å². The van der Waals surface area contributed by atoms with E-state index in [-0.39, 0.29) is 22.9 Å². The zero-order valence-corrected chi connectivity index (χ0v) is 18.3. The van der Waals surface area contributed by atoms with E-state index in [0.717, 1.165) is 5.69 Å². The molecule has 0 radical (unpaired) electrons. The lowest BCUT2D eigenvalue weighted by Crippen LogP contribution is -2.39. The first-order chi connectivity index (χ1) is 13.7. The summed E-state index contributed by atoms with van der Waals surface area (Å²) in [6, 6.07) is 15.8. The molecule has 0 heterocycles. The predicted octanol–water partition coefficient (Wildman–Crippen LogP) is 3.63. The second-order valence-corrected chi connectivity index (χ2v) is 9.24. The first-order valence-corrected chi connectivity index (χ1v) is 11.4. The van der Waals surface area contributed by atoms with Crippen molar-refractivity contribution in [1.82, 2.24) is 10.0 Å². The number of hydrogen-bond acceptors (Lipinski definition) is 4. The van der Waals surface area contributed by atoms with Crippen molar-refractivity contribution in [2.45, 2.75) is 51.1 Å². The molecule has 2 aromatic rings. The van der Waals surface area contributed by atoms with Crippen LogP contribution < -0.4 is 15.4 Å². The van der Waals surface area contributed by atoms with Crippen molar-refractivity contribution in [2.24, 2.45) is 5.92 Å². The maximum atomic E-state index is 12.5. The number of sulfonamides is 1. The smallest absolute Gasteiger partial charge is 0.251 e. The van der Waals surface area contributed by atoms with Gasteiger partial charge < -0.3 is 10.6 Å². The first-order valence-electron chi connectivity index (χ1n) is 9.95. The third-order valence-corrected chi connectivity index (χ3v) is 6.41. The summed E-state index contributed by atoms with van der Waals surface area (Å²) in [6.45, 7) is 8.38. The molecule has 6 nitrogen and oxygen atoms in total. The van der Waals surface area contributed by atoms with Crippen LogP contribution in [0.2, 0.25) is 0 Å². The zero-order chi connectivity index (χ0) is 21.4. The number of benzene rings is 2. The maximum absolute atomic E-state index is 12.5. The summed E-state index contributed by atoms with van der Waals surface area (Å²) in [5.41, 5.74) is 1.43. The highest BCUT2D eigenvalue weighted by Gasteiger charge is 2.18. The van der Waals surface area contributed by atoms with E-state index in [1.807, 2.05) is 44.2 Å². The Morgan fingerprint density at radius 2 is 1.59 bits per heavy atom. The van der Waals surface area contributed by atoms with Gasteiger partial charge in [0.15, 0.2) is 0 Å². The molecule has 0 aliphatic carbocycles. The van der Waals surface area contributed by atoms with Gasteiger partial charge >= 0.3 is 0 Å². The highest BCUT2D eigenvalue weighted by atomic mass is 32.2. The molecular weight excluding hydrogens is 386 g/mol. The van der Waals surface area contributed by atoms with Crippen LogP contribution in [0.1, 0.15) is 44.5 Å². The lowest BCUT2D eigenvalue weighted by Gasteiger charge is -2.24. The fraction of sp³-hybridized carbons (Fsp3) is 0.409. The zero-order valence-electron chi connectivity index (χ0n) is 17.5. The van der Waals surface area contributed by atoms with Crippen LogP contribution in [0.3, 0.4) is 0 Å². The molecule has 0 bridgehead atoms. The van der Waals surface area contributed by atoms with Crippen molar-refractivity contribution in [3.8, 4) is 0 Å². The molecule has 0 saturated carbocycles. The highest BCUT2D eigenvalue weighted by Crippen LogP contribution is 2.14. The van der Waals surface area contributed by atoms with Crippen molar-refractivity contribution < 1.29 is 13.2 Å². The molecule has 7 heteroatoms. The van der Waals surface area contributed by atoms with Crippen LogP contribution in [-0.4, -0.2) is 33.0 Å². The standard InChI is InChI=1S/C22H31N3O3S/c1-5-17(4)25-29(27,28)20-13-11-18(12-14-20)22(26)23-15-21(16(2)3)24-19-9-7-6-8-10-19/h6-14,16-17,21,24-25H,5,15H2,1-4H3,(H,23,26). The van der Waals surface area contributed by atoms with Crippen LogP contribution in [0.5, 0.6) is 0 Å². The fourth-order valence-electron chi connectivity index (χ4n) is 2.71. The maximum Gasteiger partial charge on any atom is 0.251 e. The Hall–Kier alpha value is -2.38. The summed E-state index contributed by atoms with van der Waals surface area (Å²) < 4.78 is 27.3. The van der Waals surface area contributed by atoms with Crippen LogP contribution in [0.4, 0.5) is 5.69 Å². The van der Waals surface area contributed by atoms with Crippen LogP contribution in [0.15, 0.2) is 59.5 Å². The predicted molar refractivity (Wildman–Crippen MR) is 118 cm³/mol. The summed E-state index contributed by atoms with van der Waals surface area (Å²) in [6.07, 6.45) is 0.702. The molecule has 0 aromatic heterocycles. The highest BCUT2D eigenvalue weighted by molar-refractivity contribution is 7.89. The number of rotatable bonds is 10. The van der Waals surface area contributed by atoms with Crippen molar-refractivity contribution in [2.75, 3.05) is 11.9 Å². The molecule has 2 unspecified atom stereocenters. The average Bonchev–Trinajstić information content (AvgIpc) is 2.71. The van der Waals surface area contributed by atoms with E-state index >= 15 is 0 Å². The molecule has 29 heavy (non-hydrogen) atoms. The Kier molecular flexibility index (Phi) is 8.22. The summed E-state index contributed by atoms with van der Waals surface area (Å²) in [7, 11) is -3.58. The van der Waals surface area contributed by atoms with Crippen molar-refractivity contribution in [3.05, 3.63) is 60.2 Å². The van der Waals surface area contributed by atoms with Crippen LogP contribution in [0.25, 0.3) is 0 Å². The minimum Gasteiger partial charge on any atom is -0.380 e. The second kappa shape index (κ2) is 10.4. The third kappa shape index (κ3) is 6.87. The SMILES string of the molecule is CCC(C)NS(=O)(=O)c1ccc(C(=O)NCC(Nc2ccccc2)C(C)C)cc1. The third-order valence-electron chi connectivity index (χ3n) is 4.81. The van der Waals surface area contributed by atoms with Crippen molar-refractivity contribution in [1.29, 1.82) is 0 Å². The van der Waals surface area contributed by atoms with E-state index in [1.165, 1.54) is 24.3 Å². The van der Waals surface area contributed by atoms with E-state index in [2.05, 4.69) is 29.2 Å². The number of anilines is 1. The van der Waals surface area contributed by atoms with Gasteiger partial charge in [0.05, 0.1) is 4.90 Å². The number of carbonyl (C=O) groups excluding carboxylic acids is 1. The van der Waals surface area contributed by atoms with Crippen LogP contribution in [0, 0.1) is 5.92 Å². The van der Waals surface area contributed by atoms with Gasteiger partial charge in [0, 0.05) is 29.9 Å². The summed E-state index contributed by atoms with van der Waals surface area (Å²) >= 11 is 0. The number of nitrogens with one attached hydrogen (secondary N) is 3. The lowest BCUT2D eigenvalue weighted by atomic mass is 10.0. The normalized spacial score (nSPS) is 13.7. The average molecular weight is 418 g/mol. The molecule has 2 rings (SSSR count). The van der Waals surface area contributed by atoms with Gasteiger partial charge in [-0.15, -0.1) is 0 Å². The van der Waals surface area contributed by atoms with E-state index in [4.69, 9.17) is 0 Å². The summed E-state index contributed by atoms with van der Waals surface area (Å²) in [5, 5.41) is 6.37. The topological polar surface area (TPSA) is 87.3 Å². The molecule has 2 aromatic carbocycles. The van der Waals surface area contributed by atoms with E-state index < -0.39 is 10.0 Å². The van der Waals surface area contributed by atoms with Crippen molar-refractivity contribution >= 4 is 21.6 Å². The number of amides is 1. The number of carbonyl (C=O) groups is 1. The largest absolute Gasteiger partial charge is 0.380 e. The monoisotopic (exact) mass is 417 g/mol. The molecular formula is C22H31N3O3S.